The van der Waals surface area contributed by atoms with Crippen LogP contribution in [0.5, 0.6) is 0 Å². The van der Waals surface area contributed by atoms with Crippen molar-refractivity contribution in [1.29, 1.82) is 0 Å². The maximum Gasteiger partial charge on any atom is 0.267 e. The Kier molecular flexibility index (Phi) is 3.38. The van der Waals surface area contributed by atoms with Gasteiger partial charge < -0.3 is 4.42 Å². The van der Waals surface area contributed by atoms with E-state index >= 15 is 0 Å². The highest BCUT2D eigenvalue weighted by molar-refractivity contribution is 5.83. The molecular formula is C14H16N2O3. The standard InChI is InChI=1S/C14H16N2O3/c1-14(2,3)12(17)9-16-13(18)7-6-10(15-16)11-5-4-8-19-11/h4-8H,9H2,1-3H3. The number of hydrogen-bond acceptors (Lipinski definition) is 4. The minimum Gasteiger partial charge on any atom is -0.463 e. The second-order valence-electron chi connectivity index (χ2n) is 5.36. The third-order valence-electron chi connectivity index (χ3n) is 2.77. The van der Waals surface area contributed by atoms with Gasteiger partial charge in [-0.05, 0) is 18.2 Å². The average molecular weight is 260 g/mol. The van der Waals surface area contributed by atoms with Crippen LogP contribution in [0.4, 0.5) is 0 Å². The predicted molar refractivity (Wildman–Crippen MR) is 70.7 cm³/mol. The van der Waals surface area contributed by atoms with Crippen molar-refractivity contribution in [3.63, 3.8) is 0 Å². The van der Waals surface area contributed by atoms with E-state index in [1.54, 1.807) is 18.2 Å². The Labute approximate surface area is 110 Å². The number of aromatic nitrogens is 2. The van der Waals surface area contributed by atoms with Crippen molar-refractivity contribution in [3.8, 4) is 11.5 Å². The van der Waals surface area contributed by atoms with Crippen LogP contribution in [0, 0.1) is 5.41 Å². The molecule has 0 fully saturated rings. The van der Waals surface area contributed by atoms with E-state index in [-0.39, 0.29) is 17.9 Å². The predicted octanol–water partition coefficient (Wildman–Crippen LogP) is 2.12. The Bertz CT molecular complexity index is 633. The molecule has 0 aromatic carbocycles. The molecule has 2 aromatic rings. The van der Waals surface area contributed by atoms with Gasteiger partial charge in [-0.3, -0.25) is 9.59 Å². The molecule has 5 nitrogen and oxygen atoms in total. The summed E-state index contributed by atoms with van der Waals surface area (Å²) in [6.45, 7) is 5.42. The van der Waals surface area contributed by atoms with Crippen LogP contribution in [0.3, 0.4) is 0 Å². The molecule has 5 heteroatoms. The van der Waals surface area contributed by atoms with E-state index in [9.17, 15) is 9.59 Å². The second kappa shape index (κ2) is 4.84. The van der Waals surface area contributed by atoms with E-state index in [1.807, 2.05) is 20.8 Å². The summed E-state index contributed by atoms with van der Waals surface area (Å²) in [7, 11) is 0. The van der Waals surface area contributed by atoms with Crippen LogP contribution in [-0.4, -0.2) is 15.6 Å². The lowest BCUT2D eigenvalue weighted by atomic mass is 9.91. The summed E-state index contributed by atoms with van der Waals surface area (Å²) in [6, 6.07) is 6.47. The maximum atomic E-state index is 12.0. The summed E-state index contributed by atoms with van der Waals surface area (Å²) < 4.78 is 6.40. The van der Waals surface area contributed by atoms with Crippen molar-refractivity contribution in [2.24, 2.45) is 5.41 Å². The topological polar surface area (TPSA) is 65.1 Å². The Balaban J connectivity index is 2.34. The first kappa shape index (κ1) is 13.3. The van der Waals surface area contributed by atoms with Crippen LogP contribution in [0.1, 0.15) is 20.8 Å². The Hall–Kier alpha value is -2.17. The molecule has 0 N–H and O–H groups in total. The van der Waals surface area contributed by atoms with Crippen LogP contribution in [0.25, 0.3) is 11.5 Å². The minimum atomic E-state index is -0.498. The molecule has 0 aliphatic heterocycles. The van der Waals surface area contributed by atoms with Crippen LogP contribution >= 0.6 is 0 Å². The van der Waals surface area contributed by atoms with Crippen LogP contribution in [0.2, 0.25) is 0 Å². The minimum absolute atomic E-state index is 0.0309. The molecular weight excluding hydrogens is 244 g/mol. The van der Waals surface area contributed by atoms with Crippen LogP contribution in [0.15, 0.2) is 39.7 Å². The summed E-state index contributed by atoms with van der Waals surface area (Å²) in [4.78, 5) is 23.7. The van der Waals surface area contributed by atoms with E-state index < -0.39 is 5.41 Å². The van der Waals surface area contributed by atoms with Gasteiger partial charge in [0, 0.05) is 11.5 Å². The highest BCUT2D eigenvalue weighted by Gasteiger charge is 2.22. The van der Waals surface area contributed by atoms with Crippen LogP contribution < -0.4 is 5.56 Å². The molecule has 0 saturated carbocycles. The summed E-state index contributed by atoms with van der Waals surface area (Å²) in [5.74, 6) is 0.524. The number of hydrogen-bond donors (Lipinski definition) is 0. The van der Waals surface area contributed by atoms with E-state index in [4.69, 9.17) is 4.42 Å². The van der Waals surface area contributed by atoms with Crippen molar-refractivity contribution < 1.29 is 9.21 Å². The number of furan rings is 1. The molecule has 0 radical (unpaired) electrons. The Morgan fingerprint density at radius 1 is 1.32 bits per heavy atom. The van der Waals surface area contributed by atoms with Crippen molar-refractivity contribution in [1.82, 2.24) is 9.78 Å². The van der Waals surface area contributed by atoms with Gasteiger partial charge in [0.2, 0.25) is 0 Å². The van der Waals surface area contributed by atoms with Gasteiger partial charge in [0.15, 0.2) is 11.5 Å². The van der Waals surface area contributed by atoms with Gasteiger partial charge in [0.25, 0.3) is 5.56 Å². The molecule has 0 spiro atoms. The molecule has 2 aromatic heterocycles. The number of carbonyl (C=O) groups excluding carboxylic acids is 1. The summed E-state index contributed by atoms with van der Waals surface area (Å²) in [5, 5.41) is 4.16. The maximum absolute atomic E-state index is 12.0. The van der Waals surface area contributed by atoms with E-state index in [1.165, 1.54) is 17.0 Å². The van der Waals surface area contributed by atoms with Gasteiger partial charge in [-0.15, -0.1) is 0 Å². The van der Waals surface area contributed by atoms with Crippen LogP contribution in [-0.2, 0) is 11.3 Å². The van der Waals surface area contributed by atoms with Crippen molar-refractivity contribution in [2.75, 3.05) is 0 Å². The van der Waals surface area contributed by atoms with Gasteiger partial charge in [0.05, 0.1) is 6.26 Å². The number of ketones is 1. The molecule has 0 aliphatic carbocycles. The van der Waals surface area contributed by atoms with Gasteiger partial charge >= 0.3 is 0 Å². The smallest absolute Gasteiger partial charge is 0.267 e. The normalized spacial score (nSPS) is 11.5. The van der Waals surface area contributed by atoms with Crippen molar-refractivity contribution >= 4 is 5.78 Å². The number of rotatable bonds is 3. The number of Topliss-reactive ketones (excluding diaryl/α,β-unsaturated/α-hetero) is 1. The zero-order valence-corrected chi connectivity index (χ0v) is 11.2. The zero-order chi connectivity index (χ0) is 14.0. The van der Waals surface area contributed by atoms with Gasteiger partial charge in [0.1, 0.15) is 12.2 Å². The zero-order valence-electron chi connectivity index (χ0n) is 11.2. The molecule has 0 atom stereocenters. The third kappa shape index (κ3) is 2.99. The van der Waals surface area contributed by atoms with E-state index in [0.29, 0.717) is 11.5 Å². The number of carbonyl (C=O) groups is 1. The fourth-order valence-corrected chi connectivity index (χ4v) is 1.49. The lowest BCUT2D eigenvalue weighted by Crippen LogP contribution is -2.32. The first-order valence-corrected chi connectivity index (χ1v) is 6.03. The fraction of sp³-hybridized carbons (Fsp3) is 0.357. The molecule has 0 amide bonds. The highest BCUT2D eigenvalue weighted by Crippen LogP contribution is 2.17. The molecule has 2 rings (SSSR count). The lowest BCUT2D eigenvalue weighted by Gasteiger charge is -2.16. The average Bonchev–Trinajstić information content (AvgIpc) is 2.84. The summed E-state index contributed by atoms with van der Waals surface area (Å²) >= 11 is 0. The Morgan fingerprint density at radius 3 is 2.63 bits per heavy atom. The summed E-state index contributed by atoms with van der Waals surface area (Å²) in [6.07, 6.45) is 1.53. The molecule has 0 saturated heterocycles. The monoisotopic (exact) mass is 260 g/mol. The lowest BCUT2D eigenvalue weighted by molar-refractivity contribution is -0.127. The van der Waals surface area contributed by atoms with Gasteiger partial charge in [-0.25, -0.2) is 4.68 Å². The first-order chi connectivity index (χ1) is 8.88. The summed E-state index contributed by atoms with van der Waals surface area (Å²) in [5.41, 5.74) is -0.263. The second-order valence-corrected chi connectivity index (χ2v) is 5.36. The quantitative estimate of drug-likeness (QED) is 0.847. The fourth-order valence-electron chi connectivity index (χ4n) is 1.49. The number of nitrogens with zero attached hydrogens (tertiary/aromatic N) is 2. The molecule has 0 unspecified atom stereocenters. The van der Waals surface area contributed by atoms with E-state index in [0.717, 1.165) is 0 Å². The first-order valence-electron chi connectivity index (χ1n) is 6.03. The Morgan fingerprint density at radius 2 is 2.05 bits per heavy atom. The molecule has 100 valence electrons. The highest BCUT2D eigenvalue weighted by atomic mass is 16.3. The molecule has 2 heterocycles. The third-order valence-corrected chi connectivity index (χ3v) is 2.77. The molecule has 19 heavy (non-hydrogen) atoms. The van der Waals surface area contributed by atoms with Crippen molar-refractivity contribution in [3.05, 3.63) is 40.9 Å². The van der Waals surface area contributed by atoms with Gasteiger partial charge in [-0.1, -0.05) is 20.8 Å². The molecule has 0 bridgehead atoms. The SMILES string of the molecule is CC(C)(C)C(=O)Cn1nc(-c2ccco2)ccc1=O. The molecule has 0 aliphatic rings. The van der Waals surface area contributed by atoms with E-state index in [2.05, 4.69) is 5.10 Å². The van der Waals surface area contributed by atoms with Gasteiger partial charge in [-0.2, -0.15) is 5.10 Å². The van der Waals surface area contributed by atoms with Crippen molar-refractivity contribution in [2.45, 2.75) is 27.3 Å². The largest absolute Gasteiger partial charge is 0.463 e.